The van der Waals surface area contributed by atoms with Gasteiger partial charge in [-0.2, -0.15) is 0 Å². The highest BCUT2D eigenvalue weighted by atomic mass is 16.2. The molecule has 0 radical (unpaired) electrons. The Hall–Kier alpha value is -2.55. The number of aromatic nitrogens is 1. The van der Waals surface area contributed by atoms with Gasteiger partial charge >= 0.3 is 0 Å². The summed E-state index contributed by atoms with van der Waals surface area (Å²) in [7, 11) is 0. The van der Waals surface area contributed by atoms with Crippen LogP contribution in [0.3, 0.4) is 0 Å². The van der Waals surface area contributed by atoms with E-state index in [0.717, 1.165) is 37.9 Å². The molecule has 1 amide bonds. The molecule has 0 spiro atoms. The minimum atomic E-state index is 0.172. The first-order valence-electron chi connectivity index (χ1n) is 9.21. The molecule has 5 rings (SSSR count). The molecule has 0 saturated carbocycles. The van der Waals surface area contributed by atoms with Gasteiger partial charge in [-0.05, 0) is 56.0 Å². The van der Waals surface area contributed by atoms with Gasteiger partial charge in [-0.3, -0.25) is 4.79 Å². The van der Waals surface area contributed by atoms with Crippen molar-refractivity contribution in [3.05, 3.63) is 70.9 Å². The Kier molecular flexibility index (Phi) is 3.24. The van der Waals surface area contributed by atoms with Gasteiger partial charge in [-0.15, -0.1) is 0 Å². The van der Waals surface area contributed by atoms with E-state index in [2.05, 4.69) is 34.6 Å². The van der Waals surface area contributed by atoms with Crippen molar-refractivity contribution in [1.82, 2.24) is 9.47 Å². The van der Waals surface area contributed by atoms with E-state index >= 15 is 0 Å². The molecule has 1 aromatic heterocycles. The van der Waals surface area contributed by atoms with Crippen LogP contribution in [0.15, 0.2) is 48.5 Å². The van der Waals surface area contributed by atoms with Gasteiger partial charge in [-0.25, -0.2) is 0 Å². The Bertz CT molecular complexity index is 971. The Morgan fingerprint density at radius 3 is 2.76 bits per heavy atom. The molecule has 1 aliphatic heterocycles. The van der Waals surface area contributed by atoms with Crippen LogP contribution in [-0.4, -0.2) is 21.9 Å². The second kappa shape index (κ2) is 5.48. The molecule has 2 aliphatic rings. The fraction of sp³-hybridized carbons (Fsp3) is 0.318. The molecule has 0 fully saturated rings. The summed E-state index contributed by atoms with van der Waals surface area (Å²) in [6, 6.07) is 16.7. The second-order valence-corrected chi connectivity index (χ2v) is 7.31. The average molecular weight is 330 g/mol. The first kappa shape index (κ1) is 14.8. The van der Waals surface area contributed by atoms with E-state index in [1.807, 2.05) is 30.3 Å². The Labute approximate surface area is 147 Å². The molecule has 3 aromatic rings. The van der Waals surface area contributed by atoms with Gasteiger partial charge in [0.25, 0.3) is 5.91 Å². The number of benzene rings is 2. The van der Waals surface area contributed by atoms with Gasteiger partial charge < -0.3 is 9.47 Å². The van der Waals surface area contributed by atoms with Gasteiger partial charge in [0.2, 0.25) is 0 Å². The van der Waals surface area contributed by atoms with Gasteiger partial charge in [-0.1, -0.05) is 29.8 Å². The molecule has 0 saturated heterocycles. The van der Waals surface area contributed by atoms with E-state index < -0.39 is 0 Å². The van der Waals surface area contributed by atoms with E-state index in [9.17, 15) is 4.79 Å². The molecule has 3 nitrogen and oxygen atoms in total. The fourth-order valence-corrected chi connectivity index (χ4v) is 4.71. The molecular weight excluding hydrogens is 308 g/mol. The number of carbonyl (C=O) groups excluding carboxylic acids is 1. The van der Waals surface area contributed by atoms with E-state index in [0.29, 0.717) is 0 Å². The second-order valence-electron chi connectivity index (χ2n) is 7.31. The van der Waals surface area contributed by atoms with Crippen LogP contribution in [0.2, 0.25) is 0 Å². The van der Waals surface area contributed by atoms with Crippen molar-refractivity contribution in [3.8, 4) is 0 Å². The standard InChI is InChI=1S/C22H22N2O/c1-15-10-11-19-18(14-15)17-8-5-9-20-21(17)23(19)12-13-24(20)22(25)16-6-3-2-4-7-16/h2-4,6-7,10-11,14,20H,5,8-9,12-13H2,1H3. The maximum atomic E-state index is 13.1. The van der Waals surface area contributed by atoms with Crippen molar-refractivity contribution < 1.29 is 4.79 Å². The summed E-state index contributed by atoms with van der Waals surface area (Å²) in [5.41, 5.74) is 6.32. The maximum absolute atomic E-state index is 13.1. The zero-order chi connectivity index (χ0) is 17.0. The number of nitrogens with zero attached hydrogens (tertiary/aromatic N) is 2. The first-order chi connectivity index (χ1) is 12.2. The van der Waals surface area contributed by atoms with Crippen molar-refractivity contribution >= 4 is 16.8 Å². The van der Waals surface area contributed by atoms with Crippen molar-refractivity contribution in [2.75, 3.05) is 6.54 Å². The lowest BCUT2D eigenvalue weighted by Crippen LogP contribution is -2.43. The number of hydrogen-bond acceptors (Lipinski definition) is 1. The minimum absolute atomic E-state index is 0.172. The van der Waals surface area contributed by atoms with Gasteiger partial charge in [0.1, 0.15) is 0 Å². The smallest absolute Gasteiger partial charge is 0.254 e. The number of hydrogen-bond donors (Lipinski definition) is 0. The molecular formula is C22H22N2O. The summed E-state index contributed by atoms with van der Waals surface area (Å²) in [5, 5.41) is 1.40. The highest BCUT2D eigenvalue weighted by molar-refractivity contribution is 5.95. The van der Waals surface area contributed by atoms with Crippen molar-refractivity contribution in [2.24, 2.45) is 0 Å². The number of carbonyl (C=O) groups is 1. The van der Waals surface area contributed by atoms with Crippen LogP contribution in [0.1, 0.15) is 46.1 Å². The van der Waals surface area contributed by atoms with Crippen molar-refractivity contribution in [3.63, 3.8) is 0 Å². The quantitative estimate of drug-likeness (QED) is 0.646. The SMILES string of the molecule is Cc1ccc2c(c1)c1c3n2CCN(C(=O)c2ccccc2)C3CCC1. The van der Waals surface area contributed by atoms with Crippen molar-refractivity contribution in [2.45, 2.75) is 38.8 Å². The van der Waals surface area contributed by atoms with Crippen LogP contribution in [-0.2, 0) is 13.0 Å². The van der Waals surface area contributed by atoms with E-state index in [-0.39, 0.29) is 11.9 Å². The lowest BCUT2D eigenvalue weighted by Gasteiger charge is -2.40. The molecule has 1 unspecified atom stereocenters. The monoisotopic (exact) mass is 330 g/mol. The van der Waals surface area contributed by atoms with Crippen LogP contribution in [0.25, 0.3) is 10.9 Å². The fourth-order valence-electron chi connectivity index (χ4n) is 4.71. The third-order valence-corrected chi connectivity index (χ3v) is 5.81. The summed E-state index contributed by atoms with van der Waals surface area (Å²) < 4.78 is 2.47. The van der Waals surface area contributed by atoms with E-state index in [1.165, 1.54) is 27.7 Å². The highest BCUT2D eigenvalue weighted by Gasteiger charge is 2.37. The molecule has 2 heterocycles. The average Bonchev–Trinajstić information content (AvgIpc) is 2.97. The summed E-state index contributed by atoms with van der Waals surface area (Å²) in [5.74, 6) is 0.172. The number of rotatable bonds is 1. The number of amides is 1. The normalized spacial score (nSPS) is 19.1. The zero-order valence-electron chi connectivity index (χ0n) is 14.5. The van der Waals surface area contributed by atoms with Crippen LogP contribution in [0, 0.1) is 6.92 Å². The van der Waals surface area contributed by atoms with E-state index in [1.54, 1.807) is 0 Å². The van der Waals surface area contributed by atoms with Crippen LogP contribution >= 0.6 is 0 Å². The van der Waals surface area contributed by atoms with E-state index in [4.69, 9.17) is 0 Å². The van der Waals surface area contributed by atoms with Crippen molar-refractivity contribution in [1.29, 1.82) is 0 Å². The number of fused-ring (bicyclic) bond motifs is 3. The molecule has 0 bridgehead atoms. The Morgan fingerprint density at radius 2 is 1.92 bits per heavy atom. The van der Waals surface area contributed by atoms with Gasteiger partial charge in [0, 0.05) is 35.2 Å². The van der Waals surface area contributed by atoms with Crippen LogP contribution in [0.4, 0.5) is 0 Å². The third kappa shape index (κ3) is 2.15. The molecule has 126 valence electrons. The molecule has 3 heteroatoms. The summed E-state index contributed by atoms with van der Waals surface area (Å²) in [6.45, 7) is 3.85. The highest BCUT2D eigenvalue weighted by Crippen LogP contribution is 2.43. The van der Waals surface area contributed by atoms with Crippen LogP contribution < -0.4 is 0 Å². The molecule has 2 aromatic carbocycles. The Balaban J connectivity index is 1.64. The van der Waals surface area contributed by atoms with Crippen LogP contribution in [0.5, 0.6) is 0 Å². The largest absolute Gasteiger partial charge is 0.341 e. The molecule has 25 heavy (non-hydrogen) atoms. The Morgan fingerprint density at radius 1 is 1.08 bits per heavy atom. The maximum Gasteiger partial charge on any atom is 0.254 e. The lowest BCUT2D eigenvalue weighted by atomic mass is 9.89. The van der Waals surface area contributed by atoms with Gasteiger partial charge in [0.15, 0.2) is 0 Å². The van der Waals surface area contributed by atoms with Gasteiger partial charge in [0.05, 0.1) is 6.04 Å². The molecule has 0 N–H and O–H groups in total. The molecule has 1 aliphatic carbocycles. The lowest BCUT2D eigenvalue weighted by molar-refractivity contribution is 0.0601. The minimum Gasteiger partial charge on any atom is -0.341 e. The predicted molar refractivity (Wildman–Crippen MR) is 99.8 cm³/mol. The molecule has 1 atom stereocenters. The number of aryl methyl sites for hydroxylation is 2. The third-order valence-electron chi connectivity index (χ3n) is 5.81. The predicted octanol–water partition coefficient (Wildman–Crippen LogP) is 4.48. The zero-order valence-corrected chi connectivity index (χ0v) is 14.5. The first-order valence-corrected chi connectivity index (χ1v) is 9.21. The summed E-state index contributed by atoms with van der Waals surface area (Å²) in [4.78, 5) is 15.2. The summed E-state index contributed by atoms with van der Waals surface area (Å²) >= 11 is 0. The summed E-state index contributed by atoms with van der Waals surface area (Å²) in [6.07, 6.45) is 3.36. The topological polar surface area (TPSA) is 25.2 Å².